The van der Waals surface area contributed by atoms with Crippen LogP contribution in [0.1, 0.15) is 43.0 Å². The molecule has 1 saturated heterocycles. The van der Waals surface area contributed by atoms with E-state index in [4.69, 9.17) is 0 Å². The van der Waals surface area contributed by atoms with Crippen molar-refractivity contribution >= 4 is 11.7 Å². The number of para-hydroxylation sites is 1. The molecule has 0 aliphatic carbocycles. The van der Waals surface area contributed by atoms with Crippen molar-refractivity contribution in [2.24, 2.45) is 0 Å². The number of rotatable bonds is 3. The van der Waals surface area contributed by atoms with Crippen LogP contribution < -0.4 is 0 Å². The minimum atomic E-state index is -0.398. The Morgan fingerprint density at radius 2 is 2.05 bits per heavy atom. The number of piperidine rings is 1. The smallest absolute Gasteiger partial charge is 0.258 e. The highest BCUT2D eigenvalue weighted by molar-refractivity contribution is 5.98. The monoisotopic (exact) mass is 277 g/mol. The van der Waals surface area contributed by atoms with Gasteiger partial charge in [-0.15, -0.1) is 0 Å². The van der Waals surface area contributed by atoms with Gasteiger partial charge in [-0.3, -0.25) is 9.59 Å². The first kappa shape index (κ1) is 14.4. The predicted molar refractivity (Wildman–Crippen MR) is 73.7 cm³/mol. The fourth-order valence-corrected chi connectivity index (χ4v) is 2.67. The molecule has 0 radical (unpaired) electrons. The Kier molecular flexibility index (Phi) is 4.27. The normalized spacial score (nSPS) is 18.9. The fraction of sp³-hybridized carbons (Fsp3) is 0.467. The van der Waals surface area contributed by atoms with Crippen LogP contribution in [0.15, 0.2) is 18.2 Å². The number of hydrogen-bond acceptors (Lipinski definition) is 4. The molecule has 1 amide bonds. The van der Waals surface area contributed by atoms with E-state index in [-0.39, 0.29) is 29.0 Å². The zero-order valence-corrected chi connectivity index (χ0v) is 11.5. The molecule has 1 fully saturated rings. The largest absolute Gasteiger partial charge is 0.504 e. The number of carbonyl (C=O) groups excluding carboxylic acids is 2. The number of benzene rings is 1. The summed E-state index contributed by atoms with van der Waals surface area (Å²) in [5, 5.41) is 19.3. The Labute approximate surface area is 117 Å². The van der Waals surface area contributed by atoms with Crippen LogP contribution in [0.25, 0.3) is 0 Å². The third kappa shape index (κ3) is 2.92. The van der Waals surface area contributed by atoms with Crippen LogP contribution in [-0.2, 0) is 4.79 Å². The summed E-state index contributed by atoms with van der Waals surface area (Å²) in [6.45, 7) is 2.09. The molecule has 5 heteroatoms. The van der Waals surface area contributed by atoms with Crippen molar-refractivity contribution in [1.29, 1.82) is 0 Å². The van der Waals surface area contributed by atoms with E-state index >= 15 is 0 Å². The average molecular weight is 277 g/mol. The van der Waals surface area contributed by atoms with Crippen molar-refractivity contribution in [3.8, 4) is 11.5 Å². The number of hydrogen-bond donors (Lipinski definition) is 2. The quantitative estimate of drug-likeness (QED) is 0.829. The van der Waals surface area contributed by atoms with E-state index in [1.807, 2.05) is 0 Å². The molecule has 0 bridgehead atoms. The van der Waals surface area contributed by atoms with Crippen molar-refractivity contribution in [2.45, 2.75) is 38.6 Å². The molecule has 20 heavy (non-hydrogen) atoms. The molecule has 1 atom stereocenters. The molecule has 108 valence electrons. The van der Waals surface area contributed by atoms with Crippen LogP contribution in [0.3, 0.4) is 0 Å². The highest BCUT2D eigenvalue weighted by Crippen LogP contribution is 2.31. The summed E-state index contributed by atoms with van der Waals surface area (Å²) >= 11 is 0. The molecule has 1 aliphatic heterocycles. The lowest BCUT2D eigenvalue weighted by Crippen LogP contribution is -2.44. The number of likely N-dealkylation sites (tertiary alicyclic amines) is 1. The van der Waals surface area contributed by atoms with E-state index < -0.39 is 5.75 Å². The van der Waals surface area contributed by atoms with Crippen LogP contribution >= 0.6 is 0 Å². The predicted octanol–water partition coefficient (Wildman–Crippen LogP) is 2.07. The van der Waals surface area contributed by atoms with Gasteiger partial charge in [-0.1, -0.05) is 6.07 Å². The number of amides is 1. The summed E-state index contributed by atoms with van der Waals surface area (Å²) in [7, 11) is 0. The molecule has 2 rings (SSSR count). The van der Waals surface area contributed by atoms with E-state index in [9.17, 15) is 19.8 Å². The topological polar surface area (TPSA) is 77.8 Å². The molecule has 1 heterocycles. The summed E-state index contributed by atoms with van der Waals surface area (Å²) in [6.07, 6.45) is 3.02. The second kappa shape index (κ2) is 5.94. The standard InChI is InChI=1S/C15H19NO4/c1-10(17)9-11-5-2-3-8-16(11)15(20)12-6-4-7-13(18)14(12)19/h4,6-7,11,18-19H,2-3,5,8-9H2,1H3. The Bertz CT molecular complexity index is 527. The zero-order valence-electron chi connectivity index (χ0n) is 11.5. The average Bonchev–Trinajstić information content (AvgIpc) is 2.41. The van der Waals surface area contributed by atoms with Gasteiger partial charge >= 0.3 is 0 Å². The first-order valence-corrected chi connectivity index (χ1v) is 6.82. The lowest BCUT2D eigenvalue weighted by molar-refractivity contribution is -0.118. The van der Waals surface area contributed by atoms with Crippen LogP contribution in [0.2, 0.25) is 0 Å². The maximum absolute atomic E-state index is 12.5. The molecule has 2 N–H and O–H groups in total. The number of phenols is 2. The summed E-state index contributed by atoms with van der Waals surface area (Å²) in [6, 6.07) is 4.22. The maximum Gasteiger partial charge on any atom is 0.258 e. The highest BCUT2D eigenvalue weighted by atomic mass is 16.3. The highest BCUT2D eigenvalue weighted by Gasteiger charge is 2.29. The molecule has 0 saturated carbocycles. The van der Waals surface area contributed by atoms with Crippen LogP contribution in [-0.4, -0.2) is 39.4 Å². The number of nitrogens with zero attached hydrogens (tertiary/aromatic N) is 1. The van der Waals surface area contributed by atoms with Gasteiger partial charge in [0.05, 0.1) is 5.56 Å². The van der Waals surface area contributed by atoms with Crippen LogP contribution in [0.5, 0.6) is 11.5 Å². The molecular weight excluding hydrogens is 258 g/mol. The zero-order chi connectivity index (χ0) is 14.7. The van der Waals surface area contributed by atoms with Crippen LogP contribution in [0.4, 0.5) is 0 Å². The second-order valence-electron chi connectivity index (χ2n) is 5.23. The number of phenolic OH excluding ortho intramolecular Hbond substituents is 2. The van der Waals surface area contributed by atoms with Gasteiger partial charge < -0.3 is 15.1 Å². The van der Waals surface area contributed by atoms with Crippen molar-refractivity contribution in [2.75, 3.05) is 6.54 Å². The Morgan fingerprint density at radius 3 is 2.75 bits per heavy atom. The summed E-state index contributed by atoms with van der Waals surface area (Å²) < 4.78 is 0. The van der Waals surface area contributed by atoms with Gasteiger partial charge in [-0.05, 0) is 38.3 Å². The molecule has 1 unspecified atom stereocenters. The van der Waals surface area contributed by atoms with Crippen molar-refractivity contribution in [1.82, 2.24) is 4.90 Å². The SMILES string of the molecule is CC(=O)CC1CCCCN1C(=O)c1cccc(O)c1O. The van der Waals surface area contributed by atoms with Gasteiger partial charge in [-0.25, -0.2) is 0 Å². The fourth-order valence-electron chi connectivity index (χ4n) is 2.67. The number of aromatic hydroxyl groups is 2. The summed E-state index contributed by atoms with van der Waals surface area (Å²) in [4.78, 5) is 25.5. The Morgan fingerprint density at radius 1 is 1.30 bits per heavy atom. The first-order chi connectivity index (χ1) is 9.50. The van der Waals surface area contributed by atoms with Gasteiger partial charge in [0.2, 0.25) is 0 Å². The molecule has 0 aromatic heterocycles. The minimum Gasteiger partial charge on any atom is -0.504 e. The van der Waals surface area contributed by atoms with Gasteiger partial charge in [0.25, 0.3) is 5.91 Å². The van der Waals surface area contributed by atoms with Crippen molar-refractivity contribution in [3.05, 3.63) is 23.8 Å². The van der Waals surface area contributed by atoms with Gasteiger partial charge in [-0.2, -0.15) is 0 Å². The first-order valence-electron chi connectivity index (χ1n) is 6.82. The number of Topliss-reactive ketones (excluding diaryl/α,β-unsaturated/α-hetero) is 1. The molecular formula is C15H19NO4. The molecule has 1 aromatic rings. The van der Waals surface area contributed by atoms with Crippen LogP contribution in [0, 0.1) is 0 Å². The van der Waals surface area contributed by atoms with Gasteiger partial charge in [0, 0.05) is 19.0 Å². The van der Waals surface area contributed by atoms with E-state index in [1.54, 1.807) is 4.90 Å². The van der Waals surface area contributed by atoms with Gasteiger partial charge in [0.15, 0.2) is 11.5 Å². The number of carbonyl (C=O) groups is 2. The van der Waals surface area contributed by atoms with E-state index in [0.717, 1.165) is 19.3 Å². The van der Waals surface area contributed by atoms with Gasteiger partial charge in [0.1, 0.15) is 5.78 Å². The third-order valence-electron chi connectivity index (χ3n) is 3.66. The van der Waals surface area contributed by atoms with E-state index in [0.29, 0.717) is 13.0 Å². The second-order valence-corrected chi connectivity index (χ2v) is 5.23. The van der Waals surface area contributed by atoms with E-state index in [1.165, 1.54) is 25.1 Å². The summed E-state index contributed by atoms with van der Waals surface area (Å²) in [5.41, 5.74) is 0.0838. The maximum atomic E-state index is 12.5. The minimum absolute atomic E-state index is 0.0508. The molecule has 1 aliphatic rings. The molecule has 5 nitrogen and oxygen atoms in total. The van der Waals surface area contributed by atoms with Crippen molar-refractivity contribution < 1.29 is 19.8 Å². The molecule has 0 spiro atoms. The Hall–Kier alpha value is -2.04. The lowest BCUT2D eigenvalue weighted by Gasteiger charge is -2.35. The Balaban J connectivity index is 2.25. The number of ketones is 1. The molecule has 1 aromatic carbocycles. The summed E-state index contributed by atoms with van der Waals surface area (Å²) in [5.74, 6) is -0.986. The van der Waals surface area contributed by atoms with E-state index in [2.05, 4.69) is 0 Å². The third-order valence-corrected chi connectivity index (χ3v) is 3.66. The van der Waals surface area contributed by atoms with Crippen molar-refractivity contribution in [3.63, 3.8) is 0 Å². The lowest BCUT2D eigenvalue weighted by atomic mass is 9.96.